The van der Waals surface area contributed by atoms with E-state index in [2.05, 4.69) is 10.2 Å². The molecule has 2 fully saturated rings. The molecule has 1 aromatic heterocycles. The lowest BCUT2D eigenvalue weighted by atomic mass is 10.2. The number of nitro benzene ring substituents is 1. The van der Waals surface area contributed by atoms with E-state index in [-0.39, 0.29) is 10.6 Å². The van der Waals surface area contributed by atoms with Crippen LogP contribution in [0.3, 0.4) is 0 Å². The molecule has 2 aromatic carbocycles. The number of nitrogens with zero attached hydrogens (tertiary/aromatic N) is 5. The molecule has 1 aliphatic carbocycles. The topological polar surface area (TPSA) is 111 Å². The number of hydrogen-bond donors (Lipinski definition) is 0. The van der Waals surface area contributed by atoms with Gasteiger partial charge in [0.2, 0.25) is 15.2 Å². The highest BCUT2D eigenvalue weighted by Crippen LogP contribution is 2.43. The van der Waals surface area contributed by atoms with Crippen LogP contribution in [0.15, 0.2) is 63.5 Å². The molecule has 3 aromatic rings. The third-order valence-electron chi connectivity index (χ3n) is 6.15. The second-order valence-electron chi connectivity index (χ2n) is 8.59. The summed E-state index contributed by atoms with van der Waals surface area (Å²) in [5.41, 5.74) is 0.636. The van der Waals surface area contributed by atoms with Crippen molar-refractivity contribution in [3.05, 3.63) is 64.5 Å². The van der Waals surface area contributed by atoms with Gasteiger partial charge in [0.1, 0.15) is 5.82 Å². The Labute approximate surface area is 202 Å². The molecule has 0 unspecified atom stereocenters. The highest BCUT2D eigenvalue weighted by molar-refractivity contribution is 7.99. The molecule has 0 N–H and O–H groups in total. The molecule has 0 bridgehead atoms. The molecule has 9 nitrogen and oxygen atoms in total. The molecule has 2 heterocycles. The van der Waals surface area contributed by atoms with Crippen LogP contribution in [0.2, 0.25) is 0 Å². The van der Waals surface area contributed by atoms with Crippen LogP contribution >= 0.6 is 11.8 Å². The second-order valence-corrected chi connectivity index (χ2v) is 11.5. The molecule has 2 aliphatic rings. The molecule has 0 radical (unpaired) electrons. The quantitative estimate of drug-likeness (QED) is 0.340. The molecule has 1 aliphatic heterocycles. The predicted octanol–water partition coefficient (Wildman–Crippen LogP) is 4.77. The lowest BCUT2D eigenvalue weighted by molar-refractivity contribution is -0.388. The van der Waals surface area contributed by atoms with E-state index in [1.54, 1.807) is 0 Å². The Morgan fingerprint density at radius 3 is 2.32 bits per heavy atom. The summed E-state index contributed by atoms with van der Waals surface area (Å²) >= 11 is 1.13. The van der Waals surface area contributed by atoms with Crippen molar-refractivity contribution < 1.29 is 13.3 Å². The van der Waals surface area contributed by atoms with Crippen molar-refractivity contribution in [1.29, 1.82) is 0 Å². The Balaban J connectivity index is 1.50. The minimum atomic E-state index is -3.79. The summed E-state index contributed by atoms with van der Waals surface area (Å²) in [6, 6.07) is 13.8. The first-order chi connectivity index (χ1) is 16.4. The number of rotatable bonds is 7. The largest absolute Gasteiger partial charge is 0.284 e. The Bertz CT molecular complexity index is 1300. The Kier molecular flexibility index (Phi) is 6.41. The Morgan fingerprint density at radius 1 is 0.971 bits per heavy atom. The van der Waals surface area contributed by atoms with Gasteiger partial charge in [-0.15, -0.1) is 10.2 Å². The summed E-state index contributed by atoms with van der Waals surface area (Å²) in [7, 11) is -3.79. The van der Waals surface area contributed by atoms with Gasteiger partial charge in [-0.1, -0.05) is 31.0 Å². The fourth-order valence-electron chi connectivity index (χ4n) is 4.19. The van der Waals surface area contributed by atoms with Crippen molar-refractivity contribution >= 4 is 27.5 Å². The maximum atomic E-state index is 13.2. The first-order valence-corrected chi connectivity index (χ1v) is 13.7. The van der Waals surface area contributed by atoms with Crippen LogP contribution in [-0.2, 0) is 10.0 Å². The fraction of sp³-hybridized carbons (Fsp3) is 0.391. The highest BCUT2D eigenvalue weighted by Gasteiger charge is 2.32. The monoisotopic (exact) mass is 499 g/mol. The standard InChI is InChI=1S/C23H25N5O4S2/c29-28(30)20-16-19(34(31,32)26-14-6-1-2-7-15-26)12-13-21(20)33-23-25-24-22(17-10-11-17)27(23)18-8-4-3-5-9-18/h3-5,8-9,12-13,16-17H,1-2,6-7,10-11,14-15H2. The third-order valence-corrected chi connectivity index (χ3v) is 9.05. The number of aromatic nitrogens is 3. The van der Waals surface area contributed by atoms with E-state index in [1.165, 1.54) is 22.5 Å². The zero-order valence-corrected chi connectivity index (χ0v) is 20.2. The molecule has 1 saturated heterocycles. The summed E-state index contributed by atoms with van der Waals surface area (Å²) in [5, 5.41) is 21.2. The van der Waals surface area contributed by atoms with E-state index in [0.29, 0.717) is 29.1 Å². The molecule has 178 valence electrons. The van der Waals surface area contributed by atoms with E-state index in [4.69, 9.17) is 0 Å². The second kappa shape index (κ2) is 9.47. The summed E-state index contributed by atoms with van der Waals surface area (Å²) in [6.45, 7) is 0.882. The van der Waals surface area contributed by atoms with E-state index in [9.17, 15) is 18.5 Å². The van der Waals surface area contributed by atoms with Crippen molar-refractivity contribution in [3.8, 4) is 5.69 Å². The summed E-state index contributed by atoms with van der Waals surface area (Å²) in [5.74, 6) is 1.18. The van der Waals surface area contributed by atoms with Crippen LogP contribution < -0.4 is 0 Å². The molecular weight excluding hydrogens is 474 g/mol. The van der Waals surface area contributed by atoms with Crippen LogP contribution in [0.25, 0.3) is 5.69 Å². The fourth-order valence-corrected chi connectivity index (χ4v) is 6.67. The highest BCUT2D eigenvalue weighted by atomic mass is 32.2. The van der Waals surface area contributed by atoms with Gasteiger partial charge in [0.05, 0.1) is 14.7 Å². The minimum absolute atomic E-state index is 0.0476. The van der Waals surface area contributed by atoms with E-state index in [1.807, 2.05) is 34.9 Å². The van der Waals surface area contributed by atoms with Crippen LogP contribution in [-0.4, -0.2) is 45.5 Å². The van der Waals surface area contributed by atoms with Gasteiger partial charge in [-0.2, -0.15) is 4.31 Å². The molecule has 0 spiro atoms. The zero-order chi connectivity index (χ0) is 23.7. The van der Waals surface area contributed by atoms with Crippen molar-refractivity contribution in [2.45, 2.75) is 59.4 Å². The number of sulfonamides is 1. The van der Waals surface area contributed by atoms with Crippen LogP contribution in [0.4, 0.5) is 5.69 Å². The number of para-hydroxylation sites is 1. The smallest absolute Gasteiger partial charge is 0.274 e. The predicted molar refractivity (Wildman–Crippen MR) is 128 cm³/mol. The zero-order valence-electron chi connectivity index (χ0n) is 18.5. The van der Waals surface area contributed by atoms with Gasteiger partial charge >= 0.3 is 0 Å². The number of hydrogen-bond acceptors (Lipinski definition) is 7. The first-order valence-electron chi connectivity index (χ1n) is 11.4. The molecular formula is C23H25N5O4S2. The molecule has 0 atom stereocenters. The van der Waals surface area contributed by atoms with Gasteiger partial charge in [-0.05, 0) is 61.7 Å². The van der Waals surface area contributed by atoms with Crippen LogP contribution in [0, 0.1) is 10.1 Å². The molecule has 5 rings (SSSR count). The maximum absolute atomic E-state index is 13.2. The van der Waals surface area contributed by atoms with E-state index in [0.717, 1.165) is 61.8 Å². The van der Waals surface area contributed by atoms with Gasteiger partial charge in [0.25, 0.3) is 5.69 Å². The van der Waals surface area contributed by atoms with Crippen molar-refractivity contribution in [2.24, 2.45) is 0 Å². The molecule has 34 heavy (non-hydrogen) atoms. The van der Waals surface area contributed by atoms with Crippen molar-refractivity contribution in [3.63, 3.8) is 0 Å². The maximum Gasteiger partial charge on any atom is 0.284 e. The van der Waals surface area contributed by atoms with Crippen molar-refractivity contribution in [2.75, 3.05) is 13.1 Å². The Hall–Kier alpha value is -2.76. The lowest BCUT2D eigenvalue weighted by Crippen LogP contribution is -2.31. The van der Waals surface area contributed by atoms with Gasteiger partial charge in [-0.25, -0.2) is 8.42 Å². The average molecular weight is 500 g/mol. The van der Waals surface area contributed by atoms with Gasteiger partial charge in [-0.3, -0.25) is 14.7 Å². The molecule has 1 saturated carbocycles. The summed E-state index contributed by atoms with van der Waals surface area (Å²) < 4.78 is 29.7. The summed E-state index contributed by atoms with van der Waals surface area (Å²) in [4.78, 5) is 11.7. The van der Waals surface area contributed by atoms with Crippen LogP contribution in [0.5, 0.6) is 0 Å². The first kappa shape index (κ1) is 23.0. The minimum Gasteiger partial charge on any atom is -0.274 e. The summed E-state index contributed by atoms with van der Waals surface area (Å²) in [6.07, 6.45) is 5.67. The van der Waals surface area contributed by atoms with Gasteiger partial charge in [0.15, 0.2) is 0 Å². The Morgan fingerprint density at radius 2 is 1.68 bits per heavy atom. The SMILES string of the molecule is O=[N+]([O-])c1cc(S(=O)(=O)N2CCCCCC2)ccc1Sc1nnc(C2CC2)n1-c1ccccc1. The number of benzene rings is 2. The van der Waals surface area contributed by atoms with Gasteiger partial charge in [0, 0.05) is 30.8 Å². The molecule has 11 heteroatoms. The average Bonchev–Trinajstić information content (AvgIpc) is 3.64. The van der Waals surface area contributed by atoms with E-state index >= 15 is 0 Å². The number of nitro groups is 1. The third kappa shape index (κ3) is 4.59. The lowest BCUT2D eigenvalue weighted by Gasteiger charge is -2.20. The van der Waals surface area contributed by atoms with Crippen molar-refractivity contribution in [1.82, 2.24) is 19.1 Å². The van der Waals surface area contributed by atoms with Crippen LogP contribution in [0.1, 0.15) is 50.3 Å². The van der Waals surface area contributed by atoms with E-state index < -0.39 is 14.9 Å². The van der Waals surface area contributed by atoms with Gasteiger partial charge < -0.3 is 0 Å². The molecule has 0 amide bonds. The normalized spacial score (nSPS) is 17.4.